The fourth-order valence-corrected chi connectivity index (χ4v) is 4.34. The van der Waals surface area contributed by atoms with Crippen LogP contribution < -0.4 is 4.74 Å². The maximum atomic E-state index is 12.8. The van der Waals surface area contributed by atoms with Crippen LogP contribution in [0.25, 0.3) is 0 Å². The van der Waals surface area contributed by atoms with Crippen molar-refractivity contribution in [1.82, 2.24) is 4.90 Å². The molecule has 1 aromatic carbocycles. The number of benzene rings is 1. The number of hydrogen-bond acceptors (Lipinski definition) is 3. The lowest BCUT2D eigenvalue weighted by Crippen LogP contribution is -2.35. The van der Waals surface area contributed by atoms with E-state index in [4.69, 9.17) is 4.74 Å². The molecule has 2 bridgehead atoms. The highest BCUT2D eigenvalue weighted by atomic mass is 16.5. The summed E-state index contributed by atoms with van der Waals surface area (Å²) < 4.78 is 5.16. The van der Waals surface area contributed by atoms with E-state index in [-0.39, 0.29) is 41.5 Å². The summed E-state index contributed by atoms with van der Waals surface area (Å²) in [6.07, 6.45) is 5.22. The van der Waals surface area contributed by atoms with Crippen molar-refractivity contribution in [2.45, 2.75) is 19.4 Å². The van der Waals surface area contributed by atoms with Gasteiger partial charge in [-0.1, -0.05) is 24.3 Å². The third-order valence-corrected chi connectivity index (χ3v) is 5.49. The van der Waals surface area contributed by atoms with Gasteiger partial charge in [-0.15, -0.1) is 0 Å². The SMILES string of the molecule is COc1ccc([C@H](C)N2C(=O)[C@@H]3[C@H](C2=O)[C@@H]2C=C[C@H]3C2)cc1. The van der Waals surface area contributed by atoms with Crippen LogP contribution in [0.15, 0.2) is 36.4 Å². The number of imide groups is 1. The first-order valence-corrected chi connectivity index (χ1v) is 7.81. The molecule has 4 heteroatoms. The Balaban J connectivity index is 1.62. The zero-order valence-electron chi connectivity index (χ0n) is 12.7. The first-order chi connectivity index (χ1) is 10.6. The van der Waals surface area contributed by atoms with E-state index < -0.39 is 0 Å². The number of rotatable bonds is 3. The molecular formula is C18H19NO3. The first-order valence-electron chi connectivity index (χ1n) is 7.81. The molecule has 1 saturated heterocycles. The molecule has 1 saturated carbocycles. The fourth-order valence-electron chi connectivity index (χ4n) is 4.34. The topological polar surface area (TPSA) is 46.6 Å². The van der Waals surface area contributed by atoms with Crippen LogP contribution in [0.1, 0.15) is 24.9 Å². The predicted molar refractivity (Wildman–Crippen MR) is 81.0 cm³/mol. The van der Waals surface area contributed by atoms with Gasteiger partial charge in [0.1, 0.15) is 5.75 Å². The van der Waals surface area contributed by atoms with Crippen molar-refractivity contribution in [2.75, 3.05) is 7.11 Å². The molecule has 0 spiro atoms. The molecule has 1 heterocycles. The van der Waals surface area contributed by atoms with Crippen LogP contribution in [-0.2, 0) is 9.59 Å². The highest BCUT2D eigenvalue weighted by Crippen LogP contribution is 2.53. The Morgan fingerprint density at radius 3 is 2.09 bits per heavy atom. The summed E-state index contributed by atoms with van der Waals surface area (Å²) in [5.74, 6) is 1.07. The van der Waals surface area contributed by atoms with E-state index in [0.717, 1.165) is 17.7 Å². The monoisotopic (exact) mass is 297 g/mol. The molecule has 4 rings (SSSR count). The Labute approximate surface area is 129 Å². The number of likely N-dealkylation sites (tertiary alicyclic amines) is 1. The Morgan fingerprint density at radius 1 is 1.05 bits per heavy atom. The number of allylic oxidation sites excluding steroid dienone is 2. The molecule has 0 aromatic heterocycles. The van der Waals surface area contributed by atoms with Gasteiger partial charge in [0.2, 0.25) is 11.8 Å². The largest absolute Gasteiger partial charge is 0.497 e. The number of carbonyl (C=O) groups is 2. The molecule has 2 amide bonds. The van der Waals surface area contributed by atoms with Crippen molar-refractivity contribution in [1.29, 1.82) is 0 Å². The summed E-state index contributed by atoms with van der Waals surface area (Å²) in [4.78, 5) is 27.0. The number of fused-ring (bicyclic) bond motifs is 5. The maximum Gasteiger partial charge on any atom is 0.234 e. The van der Waals surface area contributed by atoms with Gasteiger partial charge in [0.15, 0.2) is 0 Å². The van der Waals surface area contributed by atoms with Crippen molar-refractivity contribution in [3.63, 3.8) is 0 Å². The average molecular weight is 297 g/mol. The van der Waals surface area contributed by atoms with Gasteiger partial charge in [0, 0.05) is 0 Å². The second kappa shape index (κ2) is 4.70. The van der Waals surface area contributed by atoms with E-state index in [2.05, 4.69) is 12.2 Å². The van der Waals surface area contributed by atoms with Gasteiger partial charge in [-0.05, 0) is 42.9 Å². The molecule has 22 heavy (non-hydrogen) atoms. The van der Waals surface area contributed by atoms with E-state index in [9.17, 15) is 9.59 Å². The molecule has 2 aliphatic carbocycles. The lowest BCUT2D eigenvalue weighted by atomic mass is 9.85. The predicted octanol–water partition coefficient (Wildman–Crippen LogP) is 2.56. The standard InChI is InChI=1S/C18H19NO3/c1-10(11-5-7-14(22-2)8-6-11)19-17(20)15-12-3-4-13(9-12)16(15)18(19)21/h3-8,10,12-13,15-16H,9H2,1-2H3/t10-,12-,13+,15-,16+/m0/s1. The van der Waals surface area contributed by atoms with Crippen molar-refractivity contribution in [2.24, 2.45) is 23.7 Å². The van der Waals surface area contributed by atoms with Crippen LogP contribution in [0.2, 0.25) is 0 Å². The molecule has 0 unspecified atom stereocenters. The highest BCUT2D eigenvalue weighted by molar-refractivity contribution is 6.06. The number of hydrogen-bond donors (Lipinski definition) is 0. The van der Waals surface area contributed by atoms with Gasteiger partial charge in [0.25, 0.3) is 0 Å². The normalized spacial score (nSPS) is 33.5. The summed E-state index contributed by atoms with van der Waals surface area (Å²) in [6.45, 7) is 1.92. The summed E-state index contributed by atoms with van der Waals surface area (Å²) in [5.41, 5.74) is 0.961. The molecule has 1 aliphatic heterocycles. The maximum absolute atomic E-state index is 12.8. The Morgan fingerprint density at radius 2 is 1.59 bits per heavy atom. The zero-order valence-corrected chi connectivity index (χ0v) is 12.7. The molecule has 3 aliphatic rings. The van der Waals surface area contributed by atoms with Gasteiger partial charge in [0.05, 0.1) is 25.0 Å². The number of carbonyl (C=O) groups excluding carboxylic acids is 2. The van der Waals surface area contributed by atoms with Gasteiger partial charge < -0.3 is 4.74 Å². The van der Waals surface area contributed by atoms with E-state index in [1.54, 1.807) is 7.11 Å². The summed E-state index contributed by atoms with van der Waals surface area (Å²) in [6, 6.07) is 7.35. The number of amides is 2. The molecule has 114 valence electrons. The number of ether oxygens (including phenoxy) is 1. The fraction of sp³-hybridized carbons (Fsp3) is 0.444. The van der Waals surface area contributed by atoms with Crippen LogP contribution in [-0.4, -0.2) is 23.8 Å². The average Bonchev–Trinajstić information content (AvgIpc) is 3.21. The summed E-state index contributed by atoms with van der Waals surface area (Å²) in [5, 5.41) is 0. The molecule has 2 fully saturated rings. The van der Waals surface area contributed by atoms with Gasteiger partial charge in [-0.3, -0.25) is 14.5 Å². The second-order valence-electron chi connectivity index (χ2n) is 6.50. The lowest BCUT2D eigenvalue weighted by molar-refractivity contribution is -0.143. The Kier molecular flexibility index (Phi) is 2.90. The van der Waals surface area contributed by atoms with Gasteiger partial charge >= 0.3 is 0 Å². The minimum absolute atomic E-state index is 0.00941. The van der Waals surface area contributed by atoms with Crippen LogP contribution in [0.5, 0.6) is 5.75 Å². The first kappa shape index (κ1) is 13.6. The van der Waals surface area contributed by atoms with Crippen LogP contribution in [0.3, 0.4) is 0 Å². The summed E-state index contributed by atoms with van der Waals surface area (Å²) in [7, 11) is 1.62. The van der Waals surface area contributed by atoms with E-state index >= 15 is 0 Å². The second-order valence-corrected chi connectivity index (χ2v) is 6.50. The molecule has 4 nitrogen and oxygen atoms in total. The highest BCUT2D eigenvalue weighted by Gasteiger charge is 2.60. The Hall–Kier alpha value is -2.10. The van der Waals surface area contributed by atoms with Crippen molar-refractivity contribution >= 4 is 11.8 Å². The van der Waals surface area contributed by atoms with Crippen LogP contribution >= 0.6 is 0 Å². The number of nitrogens with zero attached hydrogens (tertiary/aromatic N) is 1. The molecular weight excluding hydrogens is 278 g/mol. The van der Waals surface area contributed by atoms with Gasteiger partial charge in [-0.25, -0.2) is 0 Å². The van der Waals surface area contributed by atoms with Crippen molar-refractivity contribution < 1.29 is 14.3 Å². The van der Waals surface area contributed by atoms with Crippen molar-refractivity contribution in [3.8, 4) is 5.75 Å². The van der Waals surface area contributed by atoms with E-state index in [1.807, 2.05) is 31.2 Å². The van der Waals surface area contributed by atoms with Gasteiger partial charge in [-0.2, -0.15) is 0 Å². The molecule has 0 radical (unpaired) electrons. The van der Waals surface area contributed by atoms with Crippen molar-refractivity contribution in [3.05, 3.63) is 42.0 Å². The minimum Gasteiger partial charge on any atom is -0.497 e. The van der Waals surface area contributed by atoms with Crippen LogP contribution in [0, 0.1) is 23.7 Å². The minimum atomic E-state index is -0.226. The van der Waals surface area contributed by atoms with Crippen LogP contribution in [0.4, 0.5) is 0 Å². The molecule has 0 N–H and O–H groups in total. The third-order valence-electron chi connectivity index (χ3n) is 5.49. The smallest absolute Gasteiger partial charge is 0.234 e. The quantitative estimate of drug-likeness (QED) is 0.636. The Bertz CT molecular complexity index is 633. The number of methoxy groups -OCH3 is 1. The zero-order chi connectivity index (χ0) is 15.4. The molecule has 5 atom stereocenters. The lowest BCUT2D eigenvalue weighted by Gasteiger charge is -2.25. The molecule has 1 aromatic rings. The third kappa shape index (κ3) is 1.70. The summed E-state index contributed by atoms with van der Waals surface area (Å²) >= 11 is 0. The van der Waals surface area contributed by atoms with E-state index in [1.165, 1.54) is 4.90 Å². The van der Waals surface area contributed by atoms with E-state index in [0.29, 0.717) is 0 Å².